The van der Waals surface area contributed by atoms with Crippen molar-refractivity contribution in [2.75, 3.05) is 7.11 Å². The van der Waals surface area contributed by atoms with Crippen LogP contribution in [0, 0.1) is 27.7 Å². The number of rotatable bonds is 9. The first-order valence-corrected chi connectivity index (χ1v) is 13.9. The van der Waals surface area contributed by atoms with Crippen LogP contribution in [0.25, 0.3) is 0 Å². The highest BCUT2D eigenvalue weighted by Gasteiger charge is 2.09. The quantitative estimate of drug-likeness (QED) is 0.136. The highest BCUT2D eigenvalue weighted by molar-refractivity contribution is 5.45. The summed E-state index contributed by atoms with van der Waals surface area (Å²) in [5, 5.41) is 47.8. The predicted molar refractivity (Wildman–Crippen MR) is 164 cm³/mol. The van der Waals surface area contributed by atoms with E-state index in [4.69, 9.17) is 4.74 Å². The van der Waals surface area contributed by atoms with Gasteiger partial charge in [-0.15, -0.1) is 0 Å². The molecule has 0 saturated carbocycles. The Kier molecular flexibility index (Phi) is 10.9. The maximum Gasteiger partial charge on any atom is 0.122 e. The van der Waals surface area contributed by atoms with E-state index >= 15 is 0 Å². The molecule has 5 N–H and O–H groups in total. The maximum absolute atomic E-state index is 9.78. The minimum absolute atomic E-state index is 0.0953. The number of aromatic hydroxyl groups is 5. The van der Waals surface area contributed by atoms with Crippen molar-refractivity contribution in [2.24, 2.45) is 0 Å². The molecule has 0 saturated heterocycles. The van der Waals surface area contributed by atoms with Crippen LogP contribution in [0.2, 0.25) is 0 Å². The summed E-state index contributed by atoms with van der Waals surface area (Å²) in [5.74, 6) is 1.91. The SMILES string of the molecule is COc1ccc(CCCc2ccc(O)cc2O)c(C)c1C.Cc1c(O)ccc(CCCc2cc(O)ccc2O)c1C. The van der Waals surface area contributed by atoms with E-state index in [2.05, 4.69) is 19.9 Å². The number of hydrogen-bond donors (Lipinski definition) is 5. The van der Waals surface area contributed by atoms with Crippen LogP contribution in [0.4, 0.5) is 0 Å². The lowest BCUT2D eigenvalue weighted by molar-refractivity contribution is 0.411. The first kappa shape index (κ1) is 31.2. The lowest BCUT2D eigenvalue weighted by Gasteiger charge is -2.12. The molecule has 6 nitrogen and oxygen atoms in total. The Hall–Kier alpha value is -4.32. The van der Waals surface area contributed by atoms with Crippen LogP contribution >= 0.6 is 0 Å². The van der Waals surface area contributed by atoms with Crippen LogP contribution < -0.4 is 4.74 Å². The molecule has 0 fully saturated rings. The first-order chi connectivity index (χ1) is 19.5. The van der Waals surface area contributed by atoms with E-state index < -0.39 is 0 Å². The van der Waals surface area contributed by atoms with E-state index in [-0.39, 0.29) is 23.0 Å². The zero-order chi connectivity index (χ0) is 30.1. The molecule has 6 heteroatoms. The Labute approximate surface area is 243 Å². The molecule has 0 aliphatic carbocycles. The maximum atomic E-state index is 9.78. The Morgan fingerprint density at radius 3 is 1.59 bits per heavy atom. The van der Waals surface area contributed by atoms with Gasteiger partial charge < -0.3 is 30.3 Å². The third-order valence-corrected chi connectivity index (χ3v) is 7.86. The van der Waals surface area contributed by atoms with Crippen molar-refractivity contribution in [1.82, 2.24) is 0 Å². The molecule has 0 atom stereocenters. The van der Waals surface area contributed by atoms with Gasteiger partial charge in [-0.05, 0) is 147 Å². The first-order valence-electron chi connectivity index (χ1n) is 13.9. The number of ether oxygens (including phenoxy) is 1. The number of methoxy groups -OCH3 is 1. The van der Waals surface area contributed by atoms with Gasteiger partial charge >= 0.3 is 0 Å². The molecule has 4 rings (SSSR count). The topological polar surface area (TPSA) is 110 Å². The zero-order valence-corrected chi connectivity index (χ0v) is 24.7. The summed E-state index contributed by atoms with van der Waals surface area (Å²) in [6, 6.07) is 17.2. The average molecular weight is 559 g/mol. The molecule has 218 valence electrons. The Balaban J connectivity index is 0.000000226. The third kappa shape index (κ3) is 8.34. The van der Waals surface area contributed by atoms with Gasteiger partial charge in [0.2, 0.25) is 0 Å². The molecule has 0 aromatic heterocycles. The summed E-state index contributed by atoms with van der Waals surface area (Å²) in [6.45, 7) is 8.11. The largest absolute Gasteiger partial charge is 0.508 e. The molecule has 0 aliphatic rings. The van der Waals surface area contributed by atoms with E-state index in [1.54, 1.807) is 31.4 Å². The molecule has 0 heterocycles. The van der Waals surface area contributed by atoms with E-state index in [0.717, 1.165) is 60.1 Å². The van der Waals surface area contributed by atoms with E-state index in [1.165, 1.54) is 40.5 Å². The minimum Gasteiger partial charge on any atom is -0.508 e. The number of hydrogen-bond acceptors (Lipinski definition) is 6. The van der Waals surface area contributed by atoms with Crippen molar-refractivity contribution in [2.45, 2.75) is 66.2 Å². The third-order valence-electron chi connectivity index (χ3n) is 7.86. The van der Waals surface area contributed by atoms with Gasteiger partial charge in [0, 0.05) is 6.07 Å². The summed E-state index contributed by atoms with van der Waals surface area (Å²) in [7, 11) is 1.69. The number of aryl methyl sites for hydroxylation is 4. The van der Waals surface area contributed by atoms with Gasteiger partial charge in [-0.1, -0.05) is 18.2 Å². The molecule has 0 bridgehead atoms. The lowest BCUT2D eigenvalue weighted by atomic mass is 9.97. The molecule has 4 aromatic rings. The summed E-state index contributed by atoms with van der Waals surface area (Å²) in [6.07, 6.45) is 5.16. The van der Waals surface area contributed by atoms with Crippen molar-refractivity contribution in [1.29, 1.82) is 0 Å². The van der Waals surface area contributed by atoms with Crippen LogP contribution in [0.5, 0.6) is 34.5 Å². The van der Waals surface area contributed by atoms with Crippen molar-refractivity contribution < 1.29 is 30.3 Å². The summed E-state index contributed by atoms with van der Waals surface area (Å²) in [4.78, 5) is 0. The monoisotopic (exact) mass is 558 g/mol. The fourth-order valence-corrected chi connectivity index (χ4v) is 4.95. The fourth-order valence-electron chi connectivity index (χ4n) is 4.95. The molecule has 0 aliphatic heterocycles. The molecule has 4 aromatic carbocycles. The molecule has 0 radical (unpaired) electrons. The van der Waals surface area contributed by atoms with Crippen LogP contribution in [-0.2, 0) is 25.7 Å². The lowest BCUT2D eigenvalue weighted by Crippen LogP contribution is -1.97. The minimum atomic E-state index is 0.0953. The summed E-state index contributed by atoms with van der Waals surface area (Å²) in [5.41, 5.74) is 8.64. The number of phenols is 5. The predicted octanol–water partition coefficient (Wildman–Crippen LogP) is 7.49. The molecule has 41 heavy (non-hydrogen) atoms. The molecule has 0 spiro atoms. The van der Waals surface area contributed by atoms with Crippen molar-refractivity contribution in [3.63, 3.8) is 0 Å². The van der Waals surface area contributed by atoms with Crippen LogP contribution in [0.15, 0.2) is 60.7 Å². The van der Waals surface area contributed by atoms with Gasteiger partial charge in [-0.25, -0.2) is 0 Å². The molecule has 0 unspecified atom stereocenters. The molecular formula is C35H42O6. The molecular weight excluding hydrogens is 516 g/mol. The van der Waals surface area contributed by atoms with Gasteiger partial charge in [0.05, 0.1) is 7.11 Å². The van der Waals surface area contributed by atoms with Crippen LogP contribution in [0.1, 0.15) is 57.3 Å². The van der Waals surface area contributed by atoms with Gasteiger partial charge in [-0.2, -0.15) is 0 Å². The van der Waals surface area contributed by atoms with E-state index in [0.29, 0.717) is 12.2 Å². The molecule has 0 amide bonds. The van der Waals surface area contributed by atoms with Crippen molar-refractivity contribution >= 4 is 0 Å². The summed E-state index contributed by atoms with van der Waals surface area (Å²) >= 11 is 0. The Morgan fingerprint density at radius 2 is 0.951 bits per heavy atom. The standard InChI is InChI=1S/C18H22O3.C17H20O3/c1-12-13(2)18(21-3)10-8-14(12)5-4-6-15-7-9-16(19)11-17(15)20;1-11-12(2)16(19)8-6-13(11)4-3-5-14-10-15(18)7-9-17(14)20/h7-11,19-20H,4-6H2,1-3H3;6-10,18-20H,3-5H2,1-2H3. The smallest absolute Gasteiger partial charge is 0.122 e. The second-order valence-electron chi connectivity index (χ2n) is 10.5. The van der Waals surface area contributed by atoms with Gasteiger partial charge in [0.1, 0.15) is 34.5 Å². The highest BCUT2D eigenvalue weighted by Crippen LogP contribution is 2.28. The average Bonchev–Trinajstić information content (AvgIpc) is 2.94. The second-order valence-corrected chi connectivity index (χ2v) is 10.5. The van der Waals surface area contributed by atoms with E-state index in [9.17, 15) is 25.5 Å². The van der Waals surface area contributed by atoms with Crippen LogP contribution in [0.3, 0.4) is 0 Å². The van der Waals surface area contributed by atoms with Crippen LogP contribution in [-0.4, -0.2) is 32.6 Å². The van der Waals surface area contributed by atoms with Gasteiger partial charge in [0.15, 0.2) is 0 Å². The van der Waals surface area contributed by atoms with Crippen molar-refractivity contribution in [3.8, 4) is 34.5 Å². The van der Waals surface area contributed by atoms with E-state index in [1.807, 2.05) is 26.0 Å². The van der Waals surface area contributed by atoms with Crippen molar-refractivity contribution in [3.05, 3.63) is 105 Å². The Bertz CT molecular complexity index is 1470. The van der Waals surface area contributed by atoms with Gasteiger partial charge in [-0.3, -0.25) is 0 Å². The fraction of sp³-hybridized carbons (Fsp3) is 0.314. The summed E-state index contributed by atoms with van der Waals surface area (Å²) < 4.78 is 5.32. The Morgan fingerprint density at radius 1 is 0.463 bits per heavy atom. The number of phenolic OH excluding ortho intramolecular Hbond substituents is 5. The van der Waals surface area contributed by atoms with Gasteiger partial charge in [0.25, 0.3) is 0 Å². The normalized spacial score (nSPS) is 10.7. The zero-order valence-electron chi connectivity index (χ0n) is 24.7. The highest BCUT2D eigenvalue weighted by atomic mass is 16.5. The number of benzene rings is 4. The second kappa shape index (κ2) is 14.4.